The van der Waals surface area contributed by atoms with Crippen LogP contribution in [0.1, 0.15) is 35.2 Å². The molecule has 21 heavy (non-hydrogen) atoms. The molecule has 0 aromatic heterocycles. The lowest BCUT2D eigenvalue weighted by Crippen LogP contribution is -2.24. The van der Waals surface area contributed by atoms with Gasteiger partial charge in [0, 0.05) is 11.6 Å². The Hall–Kier alpha value is -1.38. The number of hydrogen-bond donors (Lipinski definition) is 1. The first kappa shape index (κ1) is 16.0. The molecule has 0 aliphatic carbocycles. The number of benzene rings is 2. The molecule has 0 bridgehead atoms. The lowest BCUT2D eigenvalue weighted by Gasteiger charge is -2.21. The van der Waals surface area contributed by atoms with E-state index in [1.165, 1.54) is 16.7 Å². The van der Waals surface area contributed by atoms with Gasteiger partial charge in [-0.15, -0.1) is 0 Å². The molecule has 2 aromatic rings. The number of likely N-dealkylation sites (N-methyl/N-ethyl adjacent to an activating group) is 1. The highest BCUT2D eigenvalue weighted by atomic mass is 35.5. The average molecular weight is 306 g/mol. The van der Waals surface area contributed by atoms with E-state index < -0.39 is 0 Å². The van der Waals surface area contributed by atoms with Crippen molar-refractivity contribution in [3.05, 3.63) is 69.5 Å². The van der Waals surface area contributed by atoms with E-state index in [9.17, 15) is 4.39 Å². The van der Waals surface area contributed by atoms with E-state index in [1.807, 2.05) is 6.92 Å². The Balaban J connectivity index is 2.35. The Bertz CT molecular complexity index is 625. The van der Waals surface area contributed by atoms with Gasteiger partial charge in [0.2, 0.25) is 0 Å². The van der Waals surface area contributed by atoms with E-state index >= 15 is 0 Å². The SMILES string of the molecule is CCNC(Cc1cc(C)ccc1C)c1cccc(Cl)c1F. The molecule has 0 fully saturated rings. The highest BCUT2D eigenvalue weighted by Gasteiger charge is 2.18. The first-order valence-electron chi connectivity index (χ1n) is 7.26. The van der Waals surface area contributed by atoms with Crippen molar-refractivity contribution in [2.24, 2.45) is 0 Å². The van der Waals surface area contributed by atoms with Crippen molar-refractivity contribution in [2.75, 3.05) is 6.54 Å². The molecular weight excluding hydrogens is 285 g/mol. The van der Waals surface area contributed by atoms with Crippen LogP contribution in [-0.2, 0) is 6.42 Å². The van der Waals surface area contributed by atoms with Gasteiger partial charge in [-0.05, 0) is 44.0 Å². The zero-order valence-electron chi connectivity index (χ0n) is 12.7. The Labute approximate surface area is 131 Å². The standard InChI is InChI=1S/C18H21ClFN/c1-4-21-17(15-6-5-7-16(19)18(15)20)11-14-10-12(2)8-9-13(14)3/h5-10,17,21H,4,11H2,1-3H3. The molecule has 0 heterocycles. The highest BCUT2D eigenvalue weighted by Crippen LogP contribution is 2.27. The third-order valence-corrected chi connectivity index (χ3v) is 4.03. The average Bonchev–Trinajstić information content (AvgIpc) is 2.45. The van der Waals surface area contributed by atoms with Crippen molar-refractivity contribution < 1.29 is 4.39 Å². The lowest BCUT2D eigenvalue weighted by molar-refractivity contribution is 0.509. The van der Waals surface area contributed by atoms with Crippen LogP contribution in [0.4, 0.5) is 4.39 Å². The van der Waals surface area contributed by atoms with Crippen LogP contribution in [0.5, 0.6) is 0 Å². The maximum absolute atomic E-state index is 14.3. The Kier molecular flexibility index (Phi) is 5.38. The van der Waals surface area contributed by atoms with Gasteiger partial charge in [0.25, 0.3) is 0 Å². The molecule has 1 N–H and O–H groups in total. The van der Waals surface area contributed by atoms with Crippen molar-refractivity contribution in [1.82, 2.24) is 5.32 Å². The second-order valence-corrected chi connectivity index (χ2v) is 5.79. The summed E-state index contributed by atoms with van der Waals surface area (Å²) in [5.74, 6) is -0.324. The zero-order chi connectivity index (χ0) is 15.4. The molecular formula is C18H21ClFN. The van der Waals surface area contributed by atoms with Gasteiger partial charge in [-0.3, -0.25) is 0 Å². The second-order valence-electron chi connectivity index (χ2n) is 5.39. The van der Waals surface area contributed by atoms with Gasteiger partial charge >= 0.3 is 0 Å². The van der Waals surface area contributed by atoms with E-state index in [-0.39, 0.29) is 16.9 Å². The van der Waals surface area contributed by atoms with Crippen LogP contribution >= 0.6 is 11.6 Å². The molecule has 0 saturated carbocycles. The zero-order valence-corrected chi connectivity index (χ0v) is 13.5. The summed E-state index contributed by atoms with van der Waals surface area (Å²) in [5.41, 5.74) is 4.31. The minimum atomic E-state index is -0.324. The van der Waals surface area contributed by atoms with Gasteiger partial charge in [-0.1, -0.05) is 54.4 Å². The number of aryl methyl sites for hydroxylation is 2. The fourth-order valence-corrected chi connectivity index (χ4v) is 2.75. The van der Waals surface area contributed by atoms with Crippen LogP contribution in [0.25, 0.3) is 0 Å². The maximum Gasteiger partial charge on any atom is 0.146 e. The lowest BCUT2D eigenvalue weighted by atomic mass is 9.94. The third-order valence-electron chi connectivity index (χ3n) is 3.74. The predicted molar refractivity (Wildman–Crippen MR) is 87.4 cm³/mol. The summed E-state index contributed by atoms with van der Waals surface area (Å²) < 4.78 is 14.3. The molecule has 112 valence electrons. The van der Waals surface area contributed by atoms with Gasteiger partial charge in [-0.2, -0.15) is 0 Å². The van der Waals surface area contributed by atoms with E-state index in [4.69, 9.17) is 11.6 Å². The van der Waals surface area contributed by atoms with Crippen LogP contribution in [0.3, 0.4) is 0 Å². The number of hydrogen-bond acceptors (Lipinski definition) is 1. The Morgan fingerprint density at radius 3 is 2.67 bits per heavy atom. The molecule has 1 nitrogen and oxygen atoms in total. The maximum atomic E-state index is 14.3. The van der Waals surface area contributed by atoms with Gasteiger partial charge in [-0.25, -0.2) is 4.39 Å². The molecule has 0 aliphatic heterocycles. The van der Waals surface area contributed by atoms with E-state index in [1.54, 1.807) is 18.2 Å². The summed E-state index contributed by atoms with van der Waals surface area (Å²) in [6, 6.07) is 11.5. The second kappa shape index (κ2) is 7.06. The van der Waals surface area contributed by atoms with Crippen molar-refractivity contribution in [1.29, 1.82) is 0 Å². The molecule has 0 spiro atoms. The molecule has 3 heteroatoms. The summed E-state index contributed by atoms with van der Waals surface area (Å²) in [7, 11) is 0. The quantitative estimate of drug-likeness (QED) is 0.820. The summed E-state index contributed by atoms with van der Waals surface area (Å²) in [4.78, 5) is 0. The van der Waals surface area contributed by atoms with Gasteiger partial charge in [0.15, 0.2) is 0 Å². The molecule has 1 unspecified atom stereocenters. The molecule has 1 atom stereocenters. The van der Waals surface area contributed by atoms with Crippen LogP contribution in [0.2, 0.25) is 5.02 Å². The number of rotatable bonds is 5. The van der Waals surface area contributed by atoms with E-state index in [0.29, 0.717) is 5.56 Å². The van der Waals surface area contributed by atoms with Crippen molar-refractivity contribution in [3.63, 3.8) is 0 Å². The smallest absolute Gasteiger partial charge is 0.146 e. The summed E-state index contributed by atoms with van der Waals surface area (Å²) in [6.45, 7) is 6.97. The Morgan fingerprint density at radius 1 is 1.19 bits per heavy atom. The molecule has 2 rings (SSSR count). The van der Waals surface area contributed by atoms with Gasteiger partial charge < -0.3 is 5.32 Å². The van der Waals surface area contributed by atoms with Crippen molar-refractivity contribution >= 4 is 11.6 Å². The minimum Gasteiger partial charge on any atom is -0.310 e. The van der Waals surface area contributed by atoms with Crippen LogP contribution in [-0.4, -0.2) is 6.54 Å². The van der Waals surface area contributed by atoms with Crippen LogP contribution in [0.15, 0.2) is 36.4 Å². The molecule has 0 radical (unpaired) electrons. The summed E-state index contributed by atoms with van der Waals surface area (Å²) in [6.07, 6.45) is 0.749. The minimum absolute atomic E-state index is 0.0748. The first-order valence-corrected chi connectivity index (χ1v) is 7.64. The largest absolute Gasteiger partial charge is 0.310 e. The fourth-order valence-electron chi connectivity index (χ4n) is 2.57. The highest BCUT2D eigenvalue weighted by molar-refractivity contribution is 6.30. The molecule has 0 saturated heterocycles. The normalized spacial score (nSPS) is 12.4. The van der Waals surface area contributed by atoms with Crippen LogP contribution < -0.4 is 5.32 Å². The summed E-state index contributed by atoms with van der Waals surface area (Å²) in [5, 5.41) is 3.54. The predicted octanol–water partition coefficient (Wildman–Crippen LogP) is 4.99. The van der Waals surface area contributed by atoms with Gasteiger partial charge in [0.1, 0.15) is 5.82 Å². The number of nitrogens with one attached hydrogen (secondary N) is 1. The summed E-state index contributed by atoms with van der Waals surface area (Å²) >= 11 is 5.91. The first-order chi connectivity index (χ1) is 10.0. The van der Waals surface area contributed by atoms with Gasteiger partial charge in [0.05, 0.1) is 5.02 Å². The third kappa shape index (κ3) is 3.84. The molecule has 0 amide bonds. The van der Waals surface area contributed by atoms with Crippen molar-refractivity contribution in [2.45, 2.75) is 33.2 Å². The Morgan fingerprint density at radius 2 is 1.95 bits per heavy atom. The monoisotopic (exact) mass is 305 g/mol. The molecule has 0 aliphatic rings. The van der Waals surface area contributed by atoms with Crippen molar-refractivity contribution in [3.8, 4) is 0 Å². The van der Waals surface area contributed by atoms with Crippen LogP contribution in [0, 0.1) is 19.7 Å². The topological polar surface area (TPSA) is 12.0 Å². The van der Waals surface area contributed by atoms with E-state index in [0.717, 1.165) is 13.0 Å². The molecule has 2 aromatic carbocycles. The number of halogens is 2. The fraction of sp³-hybridized carbons (Fsp3) is 0.333. The van der Waals surface area contributed by atoms with E-state index in [2.05, 4.69) is 37.4 Å².